The van der Waals surface area contributed by atoms with Crippen LogP contribution in [0.25, 0.3) is 0 Å². The second-order valence-corrected chi connectivity index (χ2v) is 7.32. The second kappa shape index (κ2) is 9.06. The van der Waals surface area contributed by atoms with Crippen molar-refractivity contribution in [2.75, 3.05) is 27.2 Å². The fourth-order valence-corrected chi connectivity index (χ4v) is 2.42. The predicted octanol–water partition coefficient (Wildman–Crippen LogP) is 2.69. The van der Waals surface area contributed by atoms with Gasteiger partial charge in [0.05, 0.1) is 6.54 Å². The molecule has 0 saturated carbocycles. The molecule has 0 spiro atoms. The van der Waals surface area contributed by atoms with E-state index >= 15 is 0 Å². The molecule has 1 rings (SSSR count). The molecule has 0 aliphatic carbocycles. The number of halogens is 3. The molecule has 1 heterocycles. The maximum absolute atomic E-state index is 12.5. The van der Waals surface area contributed by atoms with Crippen LogP contribution in [-0.4, -0.2) is 54.7 Å². The van der Waals surface area contributed by atoms with Crippen LogP contribution in [0.4, 0.5) is 18.0 Å². The van der Waals surface area contributed by atoms with Gasteiger partial charge in [-0.2, -0.15) is 13.2 Å². The minimum Gasteiger partial charge on any atom is -0.444 e. The van der Waals surface area contributed by atoms with Crippen molar-refractivity contribution in [3.63, 3.8) is 0 Å². The van der Waals surface area contributed by atoms with Gasteiger partial charge in [-0.05, 0) is 20.8 Å². The average Bonchev–Trinajstić information content (AvgIpc) is 2.97. The largest absolute Gasteiger partial charge is 0.444 e. The lowest BCUT2D eigenvalue weighted by atomic mass is 10.2. The highest BCUT2D eigenvalue weighted by molar-refractivity contribution is 7.09. The SMILES string of the molecule is CN=C(NCCN(C)C(=O)OC(C)(C)C)NCc1nc(C(F)(F)F)cs1. The minimum atomic E-state index is -4.44. The lowest BCUT2D eigenvalue weighted by Gasteiger charge is -2.24. The summed E-state index contributed by atoms with van der Waals surface area (Å²) in [7, 11) is 3.15. The van der Waals surface area contributed by atoms with Crippen LogP contribution in [0.3, 0.4) is 0 Å². The molecule has 148 valence electrons. The summed E-state index contributed by atoms with van der Waals surface area (Å²) in [6.45, 7) is 6.22. The molecule has 0 radical (unpaired) electrons. The van der Waals surface area contributed by atoms with Crippen molar-refractivity contribution in [3.05, 3.63) is 16.1 Å². The molecule has 0 atom stereocenters. The Bertz CT molecular complexity index is 626. The van der Waals surface area contributed by atoms with Crippen molar-refractivity contribution >= 4 is 23.4 Å². The first-order valence-corrected chi connectivity index (χ1v) is 8.70. The standard InChI is InChI=1S/C15H24F3N5O2S/c1-14(2,3)25-13(24)23(5)7-6-20-12(19-4)21-8-11-22-10(9-26-11)15(16,17)18/h9H,6-8H2,1-5H3,(H2,19,20,21). The quantitative estimate of drug-likeness (QED) is 0.592. The van der Waals surface area contributed by atoms with Crippen molar-refractivity contribution < 1.29 is 22.7 Å². The molecule has 0 fully saturated rings. The number of carbonyl (C=O) groups excluding carboxylic acids is 1. The zero-order valence-corrected chi connectivity index (χ0v) is 16.2. The number of likely N-dealkylation sites (N-methyl/N-ethyl adjacent to an activating group) is 1. The Morgan fingerprint density at radius 2 is 2.00 bits per heavy atom. The number of rotatable bonds is 5. The summed E-state index contributed by atoms with van der Waals surface area (Å²) in [5.74, 6) is 0.395. The van der Waals surface area contributed by atoms with Gasteiger partial charge in [0.2, 0.25) is 0 Å². The number of aliphatic imine (C=N–C) groups is 1. The minimum absolute atomic E-state index is 0.113. The molecule has 11 heteroatoms. The monoisotopic (exact) mass is 395 g/mol. The molecule has 0 unspecified atom stereocenters. The van der Waals surface area contributed by atoms with Crippen LogP contribution in [-0.2, 0) is 17.5 Å². The fourth-order valence-electron chi connectivity index (χ4n) is 1.68. The lowest BCUT2D eigenvalue weighted by molar-refractivity contribution is -0.140. The highest BCUT2D eigenvalue weighted by Crippen LogP contribution is 2.29. The van der Waals surface area contributed by atoms with Crippen molar-refractivity contribution in [1.82, 2.24) is 20.5 Å². The molecule has 1 aromatic rings. The molecule has 0 aliphatic heterocycles. The van der Waals surface area contributed by atoms with E-state index in [0.717, 1.165) is 16.7 Å². The average molecular weight is 395 g/mol. The van der Waals surface area contributed by atoms with Gasteiger partial charge in [0.25, 0.3) is 0 Å². The molecule has 0 bridgehead atoms. The Balaban J connectivity index is 2.39. The van der Waals surface area contributed by atoms with E-state index in [0.29, 0.717) is 24.1 Å². The summed E-state index contributed by atoms with van der Waals surface area (Å²) in [5, 5.41) is 7.12. The van der Waals surface area contributed by atoms with Gasteiger partial charge in [0, 0.05) is 32.6 Å². The predicted molar refractivity (Wildman–Crippen MR) is 94.2 cm³/mol. The number of alkyl halides is 3. The Labute approximate surface area is 154 Å². The van der Waals surface area contributed by atoms with E-state index in [2.05, 4.69) is 20.6 Å². The number of nitrogens with zero attached hydrogens (tertiary/aromatic N) is 3. The third-order valence-corrected chi connectivity index (χ3v) is 3.77. The van der Waals surface area contributed by atoms with Crippen molar-refractivity contribution in [2.24, 2.45) is 4.99 Å². The van der Waals surface area contributed by atoms with Crippen LogP contribution in [0.15, 0.2) is 10.4 Å². The summed E-state index contributed by atoms with van der Waals surface area (Å²) in [6.07, 6.45) is -4.88. The van der Waals surface area contributed by atoms with Crippen molar-refractivity contribution in [3.8, 4) is 0 Å². The first kappa shape index (κ1) is 22.0. The highest BCUT2D eigenvalue weighted by atomic mass is 32.1. The van der Waals surface area contributed by atoms with E-state index in [4.69, 9.17) is 4.74 Å². The van der Waals surface area contributed by atoms with Crippen LogP contribution < -0.4 is 10.6 Å². The number of thiazole rings is 1. The lowest BCUT2D eigenvalue weighted by Crippen LogP contribution is -2.42. The number of amides is 1. The van der Waals surface area contributed by atoms with Gasteiger partial charge < -0.3 is 20.3 Å². The van der Waals surface area contributed by atoms with E-state index in [-0.39, 0.29) is 6.54 Å². The van der Waals surface area contributed by atoms with E-state index in [1.165, 1.54) is 11.9 Å². The molecule has 0 aliphatic rings. The maximum atomic E-state index is 12.5. The summed E-state index contributed by atoms with van der Waals surface area (Å²) in [4.78, 5) is 20.8. The number of hydrogen-bond donors (Lipinski definition) is 2. The van der Waals surface area contributed by atoms with E-state index < -0.39 is 23.6 Å². The van der Waals surface area contributed by atoms with Gasteiger partial charge >= 0.3 is 12.3 Å². The third kappa shape index (κ3) is 7.89. The van der Waals surface area contributed by atoms with Crippen molar-refractivity contribution in [2.45, 2.75) is 39.1 Å². The molecule has 26 heavy (non-hydrogen) atoms. The number of ether oxygens (including phenoxy) is 1. The Morgan fingerprint density at radius 1 is 1.35 bits per heavy atom. The van der Waals surface area contributed by atoms with E-state index in [9.17, 15) is 18.0 Å². The maximum Gasteiger partial charge on any atom is 0.434 e. The third-order valence-electron chi connectivity index (χ3n) is 2.92. The molecule has 0 aromatic carbocycles. The molecule has 0 saturated heterocycles. The molecular weight excluding hydrogens is 371 g/mol. The topological polar surface area (TPSA) is 78.9 Å². The van der Waals surface area contributed by atoms with Crippen LogP contribution in [0.5, 0.6) is 0 Å². The van der Waals surface area contributed by atoms with Gasteiger partial charge in [-0.3, -0.25) is 4.99 Å². The van der Waals surface area contributed by atoms with Crippen LogP contribution >= 0.6 is 11.3 Å². The molecule has 7 nitrogen and oxygen atoms in total. The summed E-state index contributed by atoms with van der Waals surface area (Å²) in [5.41, 5.74) is -1.47. The highest BCUT2D eigenvalue weighted by Gasteiger charge is 2.33. The van der Waals surface area contributed by atoms with Gasteiger partial charge in [-0.25, -0.2) is 9.78 Å². The fraction of sp³-hybridized carbons (Fsp3) is 0.667. The number of carbonyl (C=O) groups is 1. The Morgan fingerprint density at radius 3 is 2.50 bits per heavy atom. The number of guanidine groups is 1. The normalized spacial score (nSPS) is 12.7. The summed E-state index contributed by atoms with van der Waals surface area (Å²) < 4.78 is 42.8. The molecule has 2 N–H and O–H groups in total. The molecule has 1 amide bonds. The molecule has 1 aromatic heterocycles. The smallest absolute Gasteiger partial charge is 0.434 e. The van der Waals surface area contributed by atoms with Gasteiger partial charge in [0.15, 0.2) is 11.7 Å². The first-order valence-electron chi connectivity index (χ1n) is 7.82. The van der Waals surface area contributed by atoms with Gasteiger partial charge in [-0.1, -0.05) is 0 Å². The van der Waals surface area contributed by atoms with Crippen LogP contribution in [0.2, 0.25) is 0 Å². The Hall–Kier alpha value is -2.04. The van der Waals surface area contributed by atoms with Gasteiger partial charge in [-0.15, -0.1) is 11.3 Å². The summed E-state index contributed by atoms with van der Waals surface area (Å²) in [6, 6.07) is 0. The van der Waals surface area contributed by atoms with Crippen molar-refractivity contribution in [1.29, 1.82) is 0 Å². The second-order valence-electron chi connectivity index (χ2n) is 6.38. The first-order chi connectivity index (χ1) is 11.9. The van der Waals surface area contributed by atoms with Crippen LogP contribution in [0, 0.1) is 0 Å². The van der Waals surface area contributed by atoms with E-state index in [1.54, 1.807) is 27.8 Å². The Kier molecular flexibility index (Phi) is 7.67. The number of aromatic nitrogens is 1. The zero-order chi connectivity index (χ0) is 20.0. The summed E-state index contributed by atoms with van der Waals surface area (Å²) >= 11 is 0.921. The number of hydrogen-bond acceptors (Lipinski definition) is 5. The van der Waals surface area contributed by atoms with E-state index in [1.807, 2.05) is 0 Å². The molecular formula is C15H24F3N5O2S. The zero-order valence-electron chi connectivity index (χ0n) is 15.4. The van der Waals surface area contributed by atoms with Gasteiger partial charge in [0.1, 0.15) is 10.6 Å². The van der Waals surface area contributed by atoms with Crippen LogP contribution in [0.1, 0.15) is 31.5 Å². The number of nitrogens with one attached hydrogen (secondary N) is 2.